The highest BCUT2D eigenvalue weighted by Gasteiger charge is 2.27. The summed E-state index contributed by atoms with van der Waals surface area (Å²) >= 11 is 0. The van der Waals surface area contributed by atoms with E-state index in [4.69, 9.17) is 4.74 Å². The minimum atomic E-state index is 0.395. The Morgan fingerprint density at radius 2 is 2.12 bits per heavy atom. The quantitative estimate of drug-likeness (QED) is 0.786. The van der Waals surface area contributed by atoms with E-state index in [1.807, 2.05) is 0 Å². The Balaban J connectivity index is 1.65. The third-order valence-corrected chi connectivity index (χ3v) is 3.91. The zero-order valence-electron chi connectivity index (χ0n) is 10.9. The van der Waals surface area contributed by atoms with E-state index in [0.717, 1.165) is 38.2 Å². The van der Waals surface area contributed by atoms with Crippen LogP contribution >= 0.6 is 0 Å². The normalized spacial score (nSPS) is 36.4. The summed E-state index contributed by atoms with van der Waals surface area (Å²) in [5, 5.41) is 3.63. The lowest BCUT2D eigenvalue weighted by Gasteiger charge is -2.38. The number of hydrogen-bond donors (Lipinski definition) is 1. The third-order valence-electron chi connectivity index (χ3n) is 3.91. The average Bonchev–Trinajstić information content (AvgIpc) is 2.23. The van der Waals surface area contributed by atoms with Gasteiger partial charge in [-0.15, -0.1) is 0 Å². The maximum Gasteiger partial charge on any atom is 0.0826 e. The fourth-order valence-corrected chi connectivity index (χ4v) is 2.70. The summed E-state index contributed by atoms with van der Waals surface area (Å²) in [5.41, 5.74) is 0. The number of rotatable bonds is 4. The molecule has 16 heavy (non-hydrogen) atoms. The fourth-order valence-electron chi connectivity index (χ4n) is 2.70. The highest BCUT2D eigenvalue weighted by atomic mass is 16.5. The Labute approximate surface area is 99.5 Å². The molecule has 1 N–H and O–H groups in total. The van der Waals surface area contributed by atoms with Crippen LogP contribution in [0.25, 0.3) is 0 Å². The van der Waals surface area contributed by atoms with E-state index in [1.54, 1.807) is 0 Å². The molecule has 0 spiro atoms. The number of morpholine rings is 1. The minimum Gasteiger partial charge on any atom is -0.374 e. The molecule has 0 amide bonds. The maximum absolute atomic E-state index is 5.80. The van der Waals surface area contributed by atoms with Gasteiger partial charge in [0.15, 0.2) is 0 Å². The molecule has 1 heterocycles. The molecule has 94 valence electrons. The Morgan fingerprint density at radius 1 is 1.38 bits per heavy atom. The van der Waals surface area contributed by atoms with E-state index in [-0.39, 0.29) is 0 Å². The molecular formula is C13H26N2O. The molecule has 3 nitrogen and oxygen atoms in total. The molecule has 1 aliphatic heterocycles. The molecule has 2 rings (SSSR count). The van der Waals surface area contributed by atoms with Gasteiger partial charge in [-0.3, -0.25) is 4.90 Å². The van der Waals surface area contributed by atoms with Crippen molar-refractivity contribution in [3.63, 3.8) is 0 Å². The summed E-state index contributed by atoms with van der Waals surface area (Å²) in [6.45, 7) is 11.0. The SMILES string of the molecule is CC1CC(NCC2CN(C(C)C)CCO2)C1. The fraction of sp³-hybridized carbons (Fsp3) is 1.00. The average molecular weight is 226 g/mol. The van der Waals surface area contributed by atoms with Crippen LogP contribution in [0.5, 0.6) is 0 Å². The van der Waals surface area contributed by atoms with Gasteiger partial charge >= 0.3 is 0 Å². The van der Waals surface area contributed by atoms with Gasteiger partial charge in [0, 0.05) is 31.7 Å². The Bertz CT molecular complexity index is 214. The lowest BCUT2D eigenvalue weighted by molar-refractivity contribution is -0.0396. The molecule has 1 unspecified atom stereocenters. The van der Waals surface area contributed by atoms with Crippen molar-refractivity contribution in [2.45, 2.75) is 51.8 Å². The van der Waals surface area contributed by atoms with Crippen LogP contribution in [0.3, 0.4) is 0 Å². The van der Waals surface area contributed by atoms with Gasteiger partial charge in [-0.1, -0.05) is 6.92 Å². The van der Waals surface area contributed by atoms with Crippen LogP contribution in [-0.2, 0) is 4.74 Å². The van der Waals surface area contributed by atoms with Crippen LogP contribution in [-0.4, -0.2) is 49.3 Å². The zero-order chi connectivity index (χ0) is 11.5. The molecule has 0 bridgehead atoms. The molecule has 0 aromatic heterocycles. The van der Waals surface area contributed by atoms with Gasteiger partial charge in [0.05, 0.1) is 12.7 Å². The highest BCUT2D eigenvalue weighted by molar-refractivity contribution is 4.84. The first-order valence-electron chi connectivity index (χ1n) is 6.74. The minimum absolute atomic E-state index is 0.395. The predicted molar refractivity (Wildman–Crippen MR) is 66.6 cm³/mol. The first-order valence-corrected chi connectivity index (χ1v) is 6.74. The van der Waals surface area contributed by atoms with Crippen LogP contribution in [0, 0.1) is 5.92 Å². The Morgan fingerprint density at radius 3 is 2.75 bits per heavy atom. The van der Waals surface area contributed by atoms with Crippen LogP contribution in [0.1, 0.15) is 33.6 Å². The molecule has 2 aliphatic rings. The lowest BCUT2D eigenvalue weighted by atomic mass is 9.82. The number of ether oxygens (including phenoxy) is 1. The molecule has 3 heteroatoms. The summed E-state index contributed by atoms with van der Waals surface area (Å²) < 4.78 is 5.80. The van der Waals surface area contributed by atoms with E-state index in [9.17, 15) is 0 Å². The van der Waals surface area contributed by atoms with Crippen LogP contribution in [0.4, 0.5) is 0 Å². The monoisotopic (exact) mass is 226 g/mol. The zero-order valence-corrected chi connectivity index (χ0v) is 10.9. The number of nitrogens with zero attached hydrogens (tertiary/aromatic N) is 1. The van der Waals surface area contributed by atoms with Crippen molar-refractivity contribution < 1.29 is 4.74 Å². The van der Waals surface area contributed by atoms with Crippen molar-refractivity contribution in [2.75, 3.05) is 26.2 Å². The molecule has 1 aliphatic carbocycles. The highest BCUT2D eigenvalue weighted by Crippen LogP contribution is 2.26. The van der Waals surface area contributed by atoms with Gasteiger partial charge in [0.1, 0.15) is 0 Å². The van der Waals surface area contributed by atoms with Crippen LogP contribution in [0.15, 0.2) is 0 Å². The largest absolute Gasteiger partial charge is 0.374 e. The second-order valence-electron chi connectivity index (χ2n) is 5.76. The Kier molecular flexibility index (Phi) is 4.22. The first-order chi connectivity index (χ1) is 7.65. The second-order valence-corrected chi connectivity index (χ2v) is 5.76. The molecule has 1 saturated carbocycles. The van der Waals surface area contributed by atoms with E-state index in [1.165, 1.54) is 12.8 Å². The topological polar surface area (TPSA) is 24.5 Å². The molecule has 0 aromatic rings. The molecule has 1 atom stereocenters. The summed E-state index contributed by atoms with van der Waals surface area (Å²) in [4.78, 5) is 2.51. The molecule has 2 fully saturated rings. The van der Waals surface area contributed by atoms with Crippen molar-refractivity contribution in [1.82, 2.24) is 10.2 Å². The van der Waals surface area contributed by atoms with Crippen molar-refractivity contribution in [1.29, 1.82) is 0 Å². The third kappa shape index (κ3) is 3.19. The van der Waals surface area contributed by atoms with Gasteiger partial charge in [-0.05, 0) is 32.6 Å². The van der Waals surface area contributed by atoms with Gasteiger partial charge in [-0.2, -0.15) is 0 Å². The molecule has 0 aromatic carbocycles. The summed E-state index contributed by atoms with van der Waals surface area (Å²) in [7, 11) is 0. The van der Waals surface area contributed by atoms with Crippen molar-refractivity contribution >= 4 is 0 Å². The Hall–Kier alpha value is -0.120. The van der Waals surface area contributed by atoms with Crippen LogP contribution in [0.2, 0.25) is 0 Å². The molecular weight excluding hydrogens is 200 g/mol. The van der Waals surface area contributed by atoms with Crippen molar-refractivity contribution in [2.24, 2.45) is 5.92 Å². The van der Waals surface area contributed by atoms with E-state index in [2.05, 4.69) is 31.0 Å². The number of hydrogen-bond acceptors (Lipinski definition) is 3. The van der Waals surface area contributed by atoms with E-state index in [0.29, 0.717) is 12.1 Å². The molecule has 1 saturated heterocycles. The second kappa shape index (κ2) is 5.48. The van der Waals surface area contributed by atoms with Crippen molar-refractivity contribution in [3.05, 3.63) is 0 Å². The lowest BCUT2D eigenvalue weighted by Crippen LogP contribution is -2.51. The maximum atomic E-state index is 5.80. The standard InChI is InChI=1S/C13H26N2O/c1-10(2)15-4-5-16-13(9-15)8-14-12-6-11(3)7-12/h10-14H,4-9H2,1-3H3. The smallest absolute Gasteiger partial charge is 0.0826 e. The van der Waals surface area contributed by atoms with Crippen molar-refractivity contribution in [3.8, 4) is 0 Å². The van der Waals surface area contributed by atoms with Crippen LogP contribution < -0.4 is 5.32 Å². The summed E-state index contributed by atoms with van der Waals surface area (Å²) in [5.74, 6) is 0.928. The van der Waals surface area contributed by atoms with E-state index >= 15 is 0 Å². The summed E-state index contributed by atoms with van der Waals surface area (Å²) in [6.07, 6.45) is 3.09. The first kappa shape index (κ1) is 12.3. The van der Waals surface area contributed by atoms with Gasteiger partial charge < -0.3 is 10.1 Å². The van der Waals surface area contributed by atoms with Gasteiger partial charge in [0.2, 0.25) is 0 Å². The van der Waals surface area contributed by atoms with Gasteiger partial charge in [-0.25, -0.2) is 0 Å². The number of nitrogens with one attached hydrogen (secondary N) is 1. The molecule has 0 radical (unpaired) electrons. The van der Waals surface area contributed by atoms with E-state index < -0.39 is 0 Å². The van der Waals surface area contributed by atoms with Gasteiger partial charge in [0.25, 0.3) is 0 Å². The predicted octanol–water partition coefficient (Wildman–Crippen LogP) is 1.48. The summed E-state index contributed by atoms with van der Waals surface area (Å²) in [6, 6.07) is 1.41.